The third-order valence-electron chi connectivity index (χ3n) is 0.823. The number of hydrogen-bond donors (Lipinski definition) is 0. The van der Waals surface area contributed by atoms with Crippen LogP contribution < -0.4 is 0 Å². The number of carbonyl (C=O) groups is 1. The van der Waals surface area contributed by atoms with Crippen molar-refractivity contribution in [1.82, 2.24) is 0 Å². The van der Waals surface area contributed by atoms with E-state index < -0.39 is 6.29 Å². The Labute approximate surface area is 74.5 Å². The van der Waals surface area contributed by atoms with Crippen LogP contribution in [-0.2, 0) is 14.3 Å². The van der Waals surface area contributed by atoms with Crippen LogP contribution in [0.3, 0.4) is 0 Å². The van der Waals surface area contributed by atoms with E-state index in [9.17, 15) is 4.79 Å². The molecule has 0 radical (unpaired) electrons. The largest absolute Gasteiger partial charge is 0.435 e. The molecule has 1 unspecified atom stereocenters. The zero-order valence-electron chi connectivity index (χ0n) is 6.38. The van der Waals surface area contributed by atoms with Crippen LogP contribution in [0.1, 0.15) is 6.92 Å². The molecular formula is C7H11BrO3. The van der Waals surface area contributed by atoms with Gasteiger partial charge in [0.05, 0.1) is 11.9 Å². The normalized spacial score (nSPS) is 12.2. The molecule has 0 rings (SSSR count). The molecule has 0 saturated heterocycles. The van der Waals surface area contributed by atoms with E-state index in [1.165, 1.54) is 6.92 Å². The van der Waals surface area contributed by atoms with Crippen LogP contribution in [0.15, 0.2) is 12.7 Å². The van der Waals surface area contributed by atoms with Gasteiger partial charge in [-0.2, -0.15) is 0 Å². The number of carbonyl (C=O) groups excluding carboxylic acids is 1. The van der Waals surface area contributed by atoms with Crippen molar-refractivity contribution in [2.45, 2.75) is 13.2 Å². The Morgan fingerprint density at radius 3 is 2.82 bits per heavy atom. The molecule has 0 aromatic carbocycles. The Morgan fingerprint density at radius 2 is 2.45 bits per heavy atom. The number of halogens is 1. The molecule has 64 valence electrons. The van der Waals surface area contributed by atoms with Gasteiger partial charge in [0.2, 0.25) is 6.29 Å². The van der Waals surface area contributed by atoms with Crippen molar-refractivity contribution in [1.29, 1.82) is 0 Å². The lowest BCUT2D eigenvalue weighted by Crippen LogP contribution is -2.21. The molecule has 0 aliphatic rings. The van der Waals surface area contributed by atoms with E-state index in [0.717, 1.165) is 0 Å². The number of esters is 1. The zero-order valence-corrected chi connectivity index (χ0v) is 7.96. The van der Waals surface area contributed by atoms with E-state index in [2.05, 4.69) is 22.5 Å². The predicted octanol–water partition coefficient (Wildman–Crippen LogP) is 1.47. The summed E-state index contributed by atoms with van der Waals surface area (Å²) < 4.78 is 9.79. The van der Waals surface area contributed by atoms with Crippen molar-refractivity contribution >= 4 is 21.9 Å². The molecule has 3 nitrogen and oxygen atoms in total. The highest BCUT2D eigenvalue weighted by molar-refractivity contribution is 9.09. The zero-order chi connectivity index (χ0) is 8.69. The van der Waals surface area contributed by atoms with Gasteiger partial charge in [-0.15, -0.1) is 6.58 Å². The molecule has 0 amide bonds. The second-order valence-electron chi connectivity index (χ2n) is 1.82. The summed E-state index contributed by atoms with van der Waals surface area (Å²) in [6.07, 6.45) is 1.09. The van der Waals surface area contributed by atoms with Crippen molar-refractivity contribution in [2.75, 3.05) is 11.9 Å². The van der Waals surface area contributed by atoms with E-state index in [1.54, 1.807) is 6.08 Å². The molecule has 1 atom stereocenters. The van der Waals surface area contributed by atoms with Gasteiger partial charge >= 0.3 is 5.97 Å². The molecule has 0 aromatic rings. The molecule has 0 saturated carbocycles. The molecule has 0 aliphatic carbocycles. The molecular weight excluding hydrogens is 212 g/mol. The highest BCUT2D eigenvalue weighted by Gasteiger charge is 2.08. The van der Waals surface area contributed by atoms with Crippen molar-refractivity contribution < 1.29 is 14.3 Å². The predicted molar refractivity (Wildman–Crippen MR) is 45.5 cm³/mol. The van der Waals surface area contributed by atoms with E-state index in [4.69, 9.17) is 9.47 Å². The Morgan fingerprint density at radius 1 is 1.82 bits per heavy atom. The summed E-state index contributed by atoms with van der Waals surface area (Å²) >= 11 is 3.14. The summed E-state index contributed by atoms with van der Waals surface area (Å²) in [5, 5.41) is 0.473. The first kappa shape index (κ1) is 10.7. The van der Waals surface area contributed by atoms with Crippen molar-refractivity contribution in [3.63, 3.8) is 0 Å². The Bertz CT molecular complexity index is 136. The van der Waals surface area contributed by atoms with Gasteiger partial charge in [-0.3, -0.25) is 4.79 Å². The van der Waals surface area contributed by atoms with Crippen molar-refractivity contribution in [2.24, 2.45) is 0 Å². The minimum absolute atomic E-state index is 0.349. The standard InChI is InChI=1S/C7H11BrO3/c1-3-4-10-7(5-8)11-6(2)9/h3,7H,1,4-5H2,2H3. The monoisotopic (exact) mass is 222 g/mol. The summed E-state index contributed by atoms with van der Waals surface area (Å²) in [5.41, 5.74) is 0. The van der Waals surface area contributed by atoms with Crippen LogP contribution in [0.25, 0.3) is 0 Å². The maximum absolute atomic E-state index is 10.4. The van der Waals surface area contributed by atoms with Crippen LogP contribution in [0.2, 0.25) is 0 Å². The molecule has 11 heavy (non-hydrogen) atoms. The molecule has 0 N–H and O–H groups in total. The fourth-order valence-electron chi connectivity index (χ4n) is 0.471. The minimum atomic E-state index is -0.509. The quantitative estimate of drug-likeness (QED) is 0.306. The van der Waals surface area contributed by atoms with Gasteiger partial charge in [-0.1, -0.05) is 22.0 Å². The van der Waals surface area contributed by atoms with Crippen molar-refractivity contribution in [3.8, 4) is 0 Å². The summed E-state index contributed by atoms with van der Waals surface area (Å²) in [6, 6.07) is 0. The molecule has 0 spiro atoms. The number of alkyl halides is 1. The summed E-state index contributed by atoms with van der Waals surface area (Å²) in [7, 11) is 0. The first-order chi connectivity index (χ1) is 5.20. The molecule has 0 heterocycles. The highest BCUT2D eigenvalue weighted by atomic mass is 79.9. The fraction of sp³-hybridized carbons (Fsp3) is 0.571. The van der Waals surface area contributed by atoms with Gasteiger partial charge in [-0.25, -0.2) is 0 Å². The Kier molecular flexibility index (Phi) is 6.16. The number of hydrogen-bond acceptors (Lipinski definition) is 3. The number of rotatable bonds is 5. The Hall–Kier alpha value is -0.350. The van der Waals surface area contributed by atoms with E-state index in [1.807, 2.05) is 0 Å². The maximum Gasteiger partial charge on any atom is 0.304 e. The van der Waals surface area contributed by atoms with E-state index in [-0.39, 0.29) is 5.97 Å². The molecule has 4 heteroatoms. The van der Waals surface area contributed by atoms with Gasteiger partial charge in [0.1, 0.15) is 0 Å². The number of ether oxygens (including phenoxy) is 2. The molecule has 0 aromatic heterocycles. The summed E-state index contributed by atoms with van der Waals surface area (Å²) in [6.45, 7) is 5.18. The summed E-state index contributed by atoms with van der Waals surface area (Å²) in [5.74, 6) is -0.349. The van der Waals surface area contributed by atoms with E-state index >= 15 is 0 Å². The van der Waals surface area contributed by atoms with Gasteiger partial charge in [0, 0.05) is 6.92 Å². The highest BCUT2D eigenvalue weighted by Crippen LogP contribution is 1.99. The first-order valence-electron chi connectivity index (χ1n) is 3.16. The van der Waals surface area contributed by atoms with Gasteiger partial charge in [-0.05, 0) is 0 Å². The summed E-state index contributed by atoms with van der Waals surface area (Å²) in [4.78, 5) is 10.4. The van der Waals surface area contributed by atoms with Crippen LogP contribution in [0.5, 0.6) is 0 Å². The third-order valence-corrected chi connectivity index (χ3v) is 1.35. The third kappa shape index (κ3) is 6.06. The second-order valence-corrected chi connectivity index (χ2v) is 2.46. The lowest BCUT2D eigenvalue weighted by atomic mass is 10.6. The molecule has 0 aliphatic heterocycles. The second kappa shape index (κ2) is 6.37. The van der Waals surface area contributed by atoms with Crippen LogP contribution in [-0.4, -0.2) is 24.2 Å². The van der Waals surface area contributed by atoms with Gasteiger partial charge < -0.3 is 9.47 Å². The molecule has 0 bridgehead atoms. The van der Waals surface area contributed by atoms with Crippen LogP contribution in [0.4, 0.5) is 0 Å². The fourth-order valence-corrected chi connectivity index (χ4v) is 0.790. The minimum Gasteiger partial charge on any atom is -0.435 e. The van der Waals surface area contributed by atoms with Crippen molar-refractivity contribution in [3.05, 3.63) is 12.7 Å². The van der Waals surface area contributed by atoms with Gasteiger partial charge in [0.15, 0.2) is 0 Å². The van der Waals surface area contributed by atoms with Crippen LogP contribution >= 0.6 is 15.9 Å². The first-order valence-corrected chi connectivity index (χ1v) is 4.28. The van der Waals surface area contributed by atoms with Gasteiger partial charge in [0.25, 0.3) is 0 Å². The average Bonchev–Trinajstić information content (AvgIpc) is 1.97. The average molecular weight is 223 g/mol. The SMILES string of the molecule is C=CCOC(CBr)OC(C)=O. The van der Waals surface area contributed by atoms with E-state index in [0.29, 0.717) is 11.9 Å². The maximum atomic E-state index is 10.4. The lowest BCUT2D eigenvalue weighted by Gasteiger charge is -2.13. The topological polar surface area (TPSA) is 35.5 Å². The smallest absolute Gasteiger partial charge is 0.304 e. The lowest BCUT2D eigenvalue weighted by molar-refractivity contribution is -0.168. The van der Waals surface area contributed by atoms with Crippen LogP contribution in [0, 0.1) is 0 Å². The molecule has 0 fully saturated rings. The Balaban J connectivity index is 3.57.